The molecular formula is C13H11N5O2. The van der Waals surface area contributed by atoms with Crippen LogP contribution in [0.2, 0.25) is 0 Å². The second kappa shape index (κ2) is 3.89. The van der Waals surface area contributed by atoms with E-state index in [1.807, 2.05) is 6.07 Å². The van der Waals surface area contributed by atoms with Crippen molar-refractivity contribution >= 4 is 17.0 Å². The molecular weight excluding hydrogens is 258 g/mol. The maximum atomic E-state index is 11.2. The number of hydrogen-bond donors (Lipinski definition) is 2. The van der Waals surface area contributed by atoms with Crippen LogP contribution in [0.25, 0.3) is 22.6 Å². The highest BCUT2D eigenvalue weighted by Crippen LogP contribution is 2.41. The zero-order chi connectivity index (χ0) is 13.7. The topological polar surface area (TPSA) is 96.7 Å². The molecule has 4 rings (SSSR count). The van der Waals surface area contributed by atoms with Crippen LogP contribution in [-0.2, 0) is 0 Å². The van der Waals surface area contributed by atoms with Gasteiger partial charge in [-0.05, 0) is 18.9 Å². The predicted octanol–water partition coefficient (Wildman–Crippen LogP) is 1.85. The van der Waals surface area contributed by atoms with Gasteiger partial charge in [0.2, 0.25) is 0 Å². The van der Waals surface area contributed by atoms with E-state index >= 15 is 0 Å². The van der Waals surface area contributed by atoms with Gasteiger partial charge in [0.25, 0.3) is 0 Å². The highest BCUT2D eigenvalue weighted by molar-refractivity contribution is 5.93. The van der Waals surface area contributed by atoms with Crippen molar-refractivity contribution in [3.05, 3.63) is 30.5 Å². The maximum Gasteiger partial charge on any atom is 0.354 e. The van der Waals surface area contributed by atoms with Gasteiger partial charge in [0.05, 0.1) is 18.0 Å². The number of carboxylic acid groups (broad SMARTS) is 1. The number of rotatable bonds is 3. The van der Waals surface area contributed by atoms with Gasteiger partial charge < -0.3 is 14.7 Å². The Bertz CT molecular complexity index is 815. The van der Waals surface area contributed by atoms with Gasteiger partial charge >= 0.3 is 5.97 Å². The molecule has 1 aliphatic carbocycles. The third-order valence-corrected chi connectivity index (χ3v) is 3.47. The van der Waals surface area contributed by atoms with E-state index in [1.54, 1.807) is 12.4 Å². The summed E-state index contributed by atoms with van der Waals surface area (Å²) in [6, 6.07) is 2.27. The van der Waals surface area contributed by atoms with Crippen LogP contribution in [0.1, 0.15) is 29.4 Å². The molecule has 20 heavy (non-hydrogen) atoms. The monoisotopic (exact) mass is 269 g/mol. The van der Waals surface area contributed by atoms with E-state index < -0.39 is 5.97 Å². The first-order chi connectivity index (χ1) is 9.75. The van der Waals surface area contributed by atoms with E-state index in [9.17, 15) is 9.90 Å². The molecule has 1 aliphatic rings. The van der Waals surface area contributed by atoms with Crippen molar-refractivity contribution < 1.29 is 9.90 Å². The number of carboxylic acids is 1. The van der Waals surface area contributed by atoms with Crippen LogP contribution >= 0.6 is 0 Å². The second-order valence-corrected chi connectivity index (χ2v) is 4.83. The van der Waals surface area contributed by atoms with E-state index in [2.05, 4.69) is 24.5 Å². The average Bonchev–Trinajstić information content (AvgIpc) is 3.04. The molecule has 7 heteroatoms. The smallest absolute Gasteiger partial charge is 0.354 e. The lowest BCUT2D eigenvalue weighted by molar-refractivity contribution is 0.0692. The summed E-state index contributed by atoms with van der Waals surface area (Å²) < 4.78 is 2.07. The van der Waals surface area contributed by atoms with Gasteiger partial charge in [-0.25, -0.2) is 14.8 Å². The Morgan fingerprint density at radius 2 is 2.30 bits per heavy atom. The SMILES string of the molecule is O=C(O)c1[nH]cnc1-c1nc2cnccc2n1C1CC1. The number of nitrogens with zero attached hydrogens (tertiary/aromatic N) is 4. The molecule has 0 radical (unpaired) electrons. The first-order valence-electron chi connectivity index (χ1n) is 6.34. The zero-order valence-corrected chi connectivity index (χ0v) is 10.4. The summed E-state index contributed by atoms with van der Waals surface area (Å²) in [5.41, 5.74) is 2.17. The molecule has 0 aliphatic heterocycles. The van der Waals surface area contributed by atoms with Crippen molar-refractivity contribution in [1.82, 2.24) is 24.5 Å². The van der Waals surface area contributed by atoms with Crippen molar-refractivity contribution in [3.8, 4) is 11.5 Å². The van der Waals surface area contributed by atoms with Gasteiger partial charge in [-0.2, -0.15) is 0 Å². The van der Waals surface area contributed by atoms with E-state index in [-0.39, 0.29) is 5.69 Å². The van der Waals surface area contributed by atoms with E-state index in [0.29, 0.717) is 17.6 Å². The molecule has 7 nitrogen and oxygen atoms in total. The van der Waals surface area contributed by atoms with Gasteiger partial charge in [-0.15, -0.1) is 0 Å². The lowest BCUT2D eigenvalue weighted by Gasteiger charge is -2.06. The summed E-state index contributed by atoms with van der Waals surface area (Å²) in [5.74, 6) is -0.445. The average molecular weight is 269 g/mol. The van der Waals surface area contributed by atoms with Crippen LogP contribution in [-0.4, -0.2) is 35.6 Å². The molecule has 0 unspecified atom stereocenters. The largest absolute Gasteiger partial charge is 0.477 e. The molecule has 0 aromatic carbocycles. The summed E-state index contributed by atoms with van der Waals surface area (Å²) in [6.07, 6.45) is 6.94. The Hall–Kier alpha value is -2.70. The van der Waals surface area contributed by atoms with Crippen molar-refractivity contribution in [3.63, 3.8) is 0 Å². The van der Waals surface area contributed by atoms with E-state index in [0.717, 1.165) is 23.9 Å². The predicted molar refractivity (Wildman–Crippen MR) is 70.3 cm³/mol. The van der Waals surface area contributed by atoms with E-state index in [4.69, 9.17) is 0 Å². The molecule has 0 bridgehead atoms. The molecule has 3 aromatic heterocycles. The molecule has 0 amide bonds. The number of aromatic carboxylic acids is 1. The fourth-order valence-electron chi connectivity index (χ4n) is 2.45. The lowest BCUT2D eigenvalue weighted by atomic mass is 10.3. The van der Waals surface area contributed by atoms with Crippen molar-refractivity contribution in [2.24, 2.45) is 0 Å². The first kappa shape index (κ1) is 11.2. The second-order valence-electron chi connectivity index (χ2n) is 4.83. The Morgan fingerprint density at radius 1 is 1.45 bits per heavy atom. The number of fused-ring (bicyclic) bond motifs is 1. The van der Waals surface area contributed by atoms with Crippen LogP contribution < -0.4 is 0 Å². The van der Waals surface area contributed by atoms with Crippen LogP contribution in [0.15, 0.2) is 24.8 Å². The number of aromatic amines is 1. The molecule has 1 fully saturated rings. The highest BCUT2D eigenvalue weighted by Gasteiger charge is 2.31. The Balaban J connectivity index is 2.01. The Labute approximate surface area is 113 Å². The summed E-state index contributed by atoms with van der Waals surface area (Å²) >= 11 is 0. The Morgan fingerprint density at radius 3 is 3.05 bits per heavy atom. The summed E-state index contributed by atoms with van der Waals surface area (Å²) in [4.78, 5) is 26.6. The fourth-order valence-corrected chi connectivity index (χ4v) is 2.45. The third-order valence-electron chi connectivity index (χ3n) is 3.47. The van der Waals surface area contributed by atoms with Gasteiger partial charge in [-0.3, -0.25) is 4.98 Å². The van der Waals surface area contributed by atoms with Gasteiger partial charge in [0, 0.05) is 12.2 Å². The number of aromatic nitrogens is 5. The summed E-state index contributed by atoms with van der Waals surface area (Å²) in [6.45, 7) is 0. The van der Waals surface area contributed by atoms with Crippen LogP contribution in [0.4, 0.5) is 0 Å². The molecule has 3 aromatic rings. The number of H-pyrrole nitrogens is 1. The molecule has 0 atom stereocenters. The number of hydrogen-bond acceptors (Lipinski definition) is 4. The highest BCUT2D eigenvalue weighted by atomic mass is 16.4. The van der Waals surface area contributed by atoms with E-state index in [1.165, 1.54) is 6.33 Å². The zero-order valence-electron chi connectivity index (χ0n) is 10.4. The van der Waals surface area contributed by atoms with Crippen LogP contribution in [0, 0.1) is 0 Å². The molecule has 3 heterocycles. The van der Waals surface area contributed by atoms with Crippen molar-refractivity contribution in [2.45, 2.75) is 18.9 Å². The summed E-state index contributed by atoms with van der Waals surface area (Å²) in [7, 11) is 0. The number of pyridine rings is 1. The lowest BCUT2D eigenvalue weighted by Crippen LogP contribution is -2.04. The maximum absolute atomic E-state index is 11.2. The van der Waals surface area contributed by atoms with Gasteiger partial charge in [-0.1, -0.05) is 0 Å². The Kier molecular flexibility index (Phi) is 2.17. The van der Waals surface area contributed by atoms with Crippen LogP contribution in [0.3, 0.4) is 0 Å². The molecule has 0 saturated heterocycles. The fraction of sp³-hybridized carbons (Fsp3) is 0.231. The summed E-state index contributed by atoms with van der Waals surface area (Å²) in [5, 5.41) is 9.22. The normalized spacial score (nSPS) is 14.8. The minimum absolute atomic E-state index is 0.0650. The third kappa shape index (κ3) is 1.52. The number of carbonyl (C=O) groups is 1. The minimum atomic E-state index is -1.04. The molecule has 100 valence electrons. The number of imidazole rings is 2. The first-order valence-corrected chi connectivity index (χ1v) is 6.34. The molecule has 0 spiro atoms. The van der Waals surface area contributed by atoms with Crippen molar-refractivity contribution in [1.29, 1.82) is 0 Å². The molecule has 1 saturated carbocycles. The standard InChI is InChI=1S/C13H11N5O2/c19-13(20)11-10(15-6-16-11)12-17-8-5-14-4-3-9(8)18(12)7-1-2-7/h3-7H,1-2H2,(H,15,16)(H,19,20). The quantitative estimate of drug-likeness (QED) is 0.756. The van der Waals surface area contributed by atoms with Crippen molar-refractivity contribution in [2.75, 3.05) is 0 Å². The van der Waals surface area contributed by atoms with Gasteiger partial charge in [0.1, 0.15) is 11.2 Å². The van der Waals surface area contributed by atoms with Crippen LogP contribution in [0.5, 0.6) is 0 Å². The van der Waals surface area contributed by atoms with Gasteiger partial charge in [0.15, 0.2) is 11.5 Å². The minimum Gasteiger partial charge on any atom is -0.477 e. The molecule has 2 N–H and O–H groups in total. The number of nitrogens with one attached hydrogen (secondary N) is 1.